The van der Waals surface area contributed by atoms with Gasteiger partial charge in [0.05, 0.1) is 11.6 Å². The van der Waals surface area contributed by atoms with E-state index in [4.69, 9.17) is 9.40 Å². The molecule has 0 saturated carbocycles. The summed E-state index contributed by atoms with van der Waals surface area (Å²) in [4.78, 5) is 4.83. The molecule has 202 valence electrons. The maximum absolute atomic E-state index is 9.46. The van der Waals surface area contributed by atoms with E-state index in [9.17, 15) is 5.26 Å². The van der Waals surface area contributed by atoms with Crippen LogP contribution < -0.4 is 0 Å². The van der Waals surface area contributed by atoms with Gasteiger partial charge in [-0.2, -0.15) is 5.26 Å². The molecule has 0 fully saturated rings. The van der Waals surface area contributed by atoms with Gasteiger partial charge < -0.3 is 4.42 Å². The second-order valence-electron chi connectivity index (χ2n) is 12.0. The van der Waals surface area contributed by atoms with Crippen LogP contribution in [0.5, 0.6) is 0 Å². The molecule has 0 saturated heterocycles. The molecule has 0 unspecified atom stereocenters. The summed E-state index contributed by atoms with van der Waals surface area (Å²) in [7, 11) is 0. The van der Waals surface area contributed by atoms with Crippen molar-refractivity contribution in [3.8, 4) is 39.4 Å². The second-order valence-corrected chi connectivity index (χ2v) is 12.0. The maximum Gasteiger partial charge on any atom is 0.232 e. The summed E-state index contributed by atoms with van der Waals surface area (Å²) in [6.07, 6.45) is 2.12. The minimum atomic E-state index is -0.163. The van der Waals surface area contributed by atoms with Crippen molar-refractivity contribution in [3.63, 3.8) is 0 Å². The lowest BCUT2D eigenvalue weighted by Crippen LogP contribution is -2.15. The molecule has 0 aliphatic heterocycles. The Hall–Kier alpha value is -5.66. The zero-order valence-electron chi connectivity index (χ0n) is 23.7. The zero-order chi connectivity index (χ0) is 28.9. The Morgan fingerprint density at radius 3 is 2.14 bits per heavy atom. The highest BCUT2D eigenvalue weighted by Crippen LogP contribution is 2.50. The molecule has 4 heteroatoms. The van der Waals surface area contributed by atoms with E-state index >= 15 is 0 Å². The number of furan rings is 1. The average molecular weight is 552 g/mol. The minimum Gasteiger partial charge on any atom is -0.437 e. The number of pyridine rings is 1. The van der Waals surface area contributed by atoms with Crippen LogP contribution in [0, 0.1) is 11.3 Å². The number of hydrogen-bond acceptors (Lipinski definition) is 3. The van der Waals surface area contributed by atoms with E-state index < -0.39 is 0 Å². The molecule has 0 amide bonds. The molecule has 43 heavy (non-hydrogen) atoms. The zero-order valence-corrected chi connectivity index (χ0v) is 23.7. The molecule has 0 bridgehead atoms. The number of nitrogens with zero attached hydrogens (tertiary/aromatic N) is 3. The van der Waals surface area contributed by atoms with Gasteiger partial charge in [-0.3, -0.25) is 4.40 Å². The van der Waals surface area contributed by atoms with Gasteiger partial charge in [-0.1, -0.05) is 68.4 Å². The van der Waals surface area contributed by atoms with Crippen LogP contribution in [-0.4, -0.2) is 9.38 Å². The fourth-order valence-electron chi connectivity index (χ4n) is 6.91. The van der Waals surface area contributed by atoms with Crippen LogP contribution in [0.2, 0.25) is 0 Å². The second kappa shape index (κ2) is 8.44. The summed E-state index contributed by atoms with van der Waals surface area (Å²) in [5.41, 5.74) is 13.6. The number of aromatic nitrogens is 2. The monoisotopic (exact) mass is 551 g/mol. The van der Waals surface area contributed by atoms with Crippen molar-refractivity contribution in [2.45, 2.75) is 19.3 Å². The van der Waals surface area contributed by atoms with Crippen LogP contribution in [0.1, 0.15) is 30.5 Å². The lowest BCUT2D eigenvalue weighted by Gasteiger charge is -2.22. The van der Waals surface area contributed by atoms with Crippen molar-refractivity contribution in [2.75, 3.05) is 0 Å². The van der Waals surface area contributed by atoms with Crippen molar-refractivity contribution >= 4 is 38.6 Å². The SMILES string of the molecule is CC1(C)c2cc(C#N)ccc2-c2ccc(-c3ccc4cc(-c5ccc6nc7c8ccccc8oc7n6c5)ccc4c3)cc21. The third-order valence-electron chi connectivity index (χ3n) is 9.24. The molecule has 3 aromatic heterocycles. The standard InChI is InChI=1S/C39H25N3O/c1-39(2)33-17-23(21-40)7-14-30(33)31-15-12-28(20-34(31)39)26-9-8-25-19-27(11-10-24(25)18-26)29-13-16-36-41-37-32-5-3-4-6-35(32)43-38(37)42(36)22-29/h3-20,22H,1-2H3. The van der Waals surface area contributed by atoms with Crippen molar-refractivity contribution in [3.05, 3.63) is 132 Å². The molecular formula is C39H25N3O. The Morgan fingerprint density at radius 1 is 0.698 bits per heavy atom. The van der Waals surface area contributed by atoms with Gasteiger partial charge in [0.15, 0.2) is 0 Å². The number of benzene rings is 5. The summed E-state index contributed by atoms with van der Waals surface area (Å²) in [6.45, 7) is 4.51. The Morgan fingerprint density at radius 2 is 1.35 bits per heavy atom. The Kier molecular flexibility index (Phi) is 4.71. The molecule has 8 aromatic rings. The van der Waals surface area contributed by atoms with Gasteiger partial charge >= 0.3 is 0 Å². The smallest absolute Gasteiger partial charge is 0.232 e. The molecule has 3 heterocycles. The minimum absolute atomic E-state index is 0.163. The van der Waals surface area contributed by atoms with Crippen LogP contribution >= 0.6 is 0 Å². The van der Waals surface area contributed by atoms with E-state index in [2.05, 4.69) is 105 Å². The lowest BCUT2D eigenvalue weighted by atomic mass is 9.81. The first-order valence-corrected chi connectivity index (χ1v) is 14.5. The number of imidazole rings is 1. The van der Waals surface area contributed by atoms with Crippen LogP contribution in [-0.2, 0) is 5.41 Å². The molecule has 0 atom stereocenters. The van der Waals surface area contributed by atoms with E-state index in [1.807, 2.05) is 34.7 Å². The Bertz CT molecular complexity index is 2500. The quantitative estimate of drug-likeness (QED) is 0.215. The number of nitriles is 1. The summed E-state index contributed by atoms with van der Waals surface area (Å²) in [5.74, 6) is 0. The predicted octanol–water partition coefficient (Wildman–Crippen LogP) is 9.90. The van der Waals surface area contributed by atoms with Gasteiger partial charge in [-0.25, -0.2) is 4.98 Å². The maximum atomic E-state index is 9.46. The third-order valence-corrected chi connectivity index (χ3v) is 9.24. The van der Waals surface area contributed by atoms with Crippen LogP contribution in [0.3, 0.4) is 0 Å². The number of para-hydroxylation sites is 1. The largest absolute Gasteiger partial charge is 0.437 e. The summed E-state index contributed by atoms with van der Waals surface area (Å²) < 4.78 is 8.23. The van der Waals surface area contributed by atoms with Gasteiger partial charge in [0.25, 0.3) is 0 Å². The highest BCUT2D eigenvalue weighted by atomic mass is 16.3. The molecular weight excluding hydrogens is 526 g/mol. The topological polar surface area (TPSA) is 54.2 Å². The molecule has 9 rings (SSSR count). The molecule has 1 aliphatic rings. The number of rotatable bonds is 2. The van der Waals surface area contributed by atoms with Crippen molar-refractivity contribution in [1.82, 2.24) is 9.38 Å². The Balaban J connectivity index is 1.09. The first-order valence-electron chi connectivity index (χ1n) is 14.5. The van der Waals surface area contributed by atoms with Crippen molar-refractivity contribution in [1.29, 1.82) is 5.26 Å². The molecule has 0 spiro atoms. The molecule has 4 nitrogen and oxygen atoms in total. The lowest BCUT2D eigenvalue weighted by molar-refractivity contribution is 0.649. The van der Waals surface area contributed by atoms with Gasteiger partial charge in [0.2, 0.25) is 5.71 Å². The fourth-order valence-corrected chi connectivity index (χ4v) is 6.91. The van der Waals surface area contributed by atoms with E-state index in [0.29, 0.717) is 5.56 Å². The summed E-state index contributed by atoms with van der Waals surface area (Å²) in [5, 5.41) is 12.9. The van der Waals surface area contributed by atoms with Crippen molar-refractivity contribution in [2.24, 2.45) is 0 Å². The van der Waals surface area contributed by atoms with Gasteiger partial charge in [0, 0.05) is 17.0 Å². The first-order chi connectivity index (χ1) is 21.0. The number of hydrogen-bond donors (Lipinski definition) is 0. The highest BCUT2D eigenvalue weighted by Gasteiger charge is 2.35. The van der Waals surface area contributed by atoms with Crippen LogP contribution in [0.15, 0.2) is 120 Å². The van der Waals surface area contributed by atoms with E-state index in [0.717, 1.165) is 39.0 Å². The summed E-state index contributed by atoms with van der Waals surface area (Å²) in [6, 6.07) is 40.7. The van der Waals surface area contributed by atoms with Gasteiger partial charge in [0.1, 0.15) is 16.7 Å². The molecule has 5 aromatic carbocycles. The van der Waals surface area contributed by atoms with E-state index in [1.54, 1.807) is 0 Å². The normalized spacial score (nSPS) is 13.5. The van der Waals surface area contributed by atoms with Gasteiger partial charge in [-0.15, -0.1) is 0 Å². The summed E-state index contributed by atoms with van der Waals surface area (Å²) >= 11 is 0. The van der Waals surface area contributed by atoms with E-state index in [-0.39, 0.29) is 5.41 Å². The van der Waals surface area contributed by atoms with E-state index in [1.165, 1.54) is 44.2 Å². The van der Waals surface area contributed by atoms with Crippen molar-refractivity contribution < 1.29 is 4.42 Å². The third kappa shape index (κ3) is 3.40. The molecule has 1 aliphatic carbocycles. The first kappa shape index (κ1) is 24.0. The highest BCUT2D eigenvalue weighted by molar-refractivity contribution is 6.03. The molecule has 0 radical (unpaired) electrons. The van der Waals surface area contributed by atoms with Crippen LogP contribution in [0.25, 0.3) is 72.0 Å². The number of fused-ring (bicyclic) bond motifs is 9. The Labute approximate surface area is 248 Å². The average Bonchev–Trinajstić information content (AvgIpc) is 3.66. The van der Waals surface area contributed by atoms with Crippen LogP contribution in [0.4, 0.5) is 0 Å². The molecule has 0 N–H and O–H groups in total. The van der Waals surface area contributed by atoms with Gasteiger partial charge in [-0.05, 0) is 110 Å². The predicted molar refractivity (Wildman–Crippen MR) is 173 cm³/mol. The fraction of sp³-hybridized carbons (Fsp3) is 0.0769.